The molecule has 2 aliphatic rings. The number of carbonyl (C=O) groups excluding carboxylic acids is 3. The molecular weight excluding hydrogens is 396 g/mol. The van der Waals surface area contributed by atoms with Crippen molar-refractivity contribution in [2.45, 2.75) is 0 Å². The fourth-order valence-corrected chi connectivity index (χ4v) is 3.82. The van der Waals surface area contributed by atoms with Gasteiger partial charge in [0, 0.05) is 44.1 Å². The second kappa shape index (κ2) is 7.60. The average Bonchev–Trinajstić information content (AvgIpc) is 3.09. The first-order valence-corrected chi connectivity index (χ1v) is 9.87. The molecule has 0 unspecified atom stereocenters. The molecule has 2 aliphatic heterocycles. The molecule has 9 nitrogen and oxygen atoms in total. The van der Waals surface area contributed by atoms with Gasteiger partial charge in [0.2, 0.25) is 0 Å². The highest BCUT2D eigenvalue weighted by molar-refractivity contribution is 6.33. The number of hydrogen-bond donors (Lipinski definition) is 0. The van der Waals surface area contributed by atoms with Crippen molar-refractivity contribution >= 4 is 29.2 Å². The Labute approximate surface area is 178 Å². The van der Waals surface area contributed by atoms with Crippen molar-refractivity contribution in [3.8, 4) is 0 Å². The first-order valence-electron chi connectivity index (χ1n) is 9.87. The number of imide groups is 1. The molecule has 0 radical (unpaired) electrons. The van der Waals surface area contributed by atoms with E-state index in [2.05, 4.69) is 19.9 Å². The summed E-state index contributed by atoms with van der Waals surface area (Å²) in [5.41, 5.74) is 1.17. The van der Waals surface area contributed by atoms with Crippen molar-refractivity contribution in [2.75, 3.05) is 36.0 Å². The Morgan fingerprint density at radius 3 is 2.32 bits per heavy atom. The van der Waals surface area contributed by atoms with E-state index in [0.717, 1.165) is 10.7 Å². The standard InChI is InChI=1S/C22H18N6O3/c29-20(27-11-9-26(10-12-27)18-3-1-2-8-24-18)15-4-6-16(7-5-15)28-21(30)17-13-23-14-25-19(17)22(28)31/h1-8,13-14H,9-12H2. The van der Waals surface area contributed by atoms with Gasteiger partial charge in [-0.2, -0.15) is 0 Å². The topological polar surface area (TPSA) is 99.6 Å². The summed E-state index contributed by atoms with van der Waals surface area (Å²) in [6.45, 7) is 2.59. The normalized spacial score (nSPS) is 15.9. The third-order valence-electron chi connectivity index (χ3n) is 5.46. The number of amides is 3. The summed E-state index contributed by atoms with van der Waals surface area (Å²) >= 11 is 0. The third kappa shape index (κ3) is 3.29. The smallest absolute Gasteiger partial charge is 0.284 e. The second-order valence-electron chi connectivity index (χ2n) is 7.24. The minimum atomic E-state index is -0.493. The van der Waals surface area contributed by atoms with Crippen LogP contribution in [0, 0.1) is 0 Å². The number of fused-ring (bicyclic) bond motifs is 1. The van der Waals surface area contributed by atoms with Gasteiger partial charge in [-0.05, 0) is 36.4 Å². The zero-order chi connectivity index (χ0) is 21.4. The number of rotatable bonds is 3. The van der Waals surface area contributed by atoms with Gasteiger partial charge in [-0.3, -0.25) is 14.4 Å². The van der Waals surface area contributed by atoms with E-state index in [1.807, 2.05) is 18.2 Å². The predicted molar refractivity (Wildman–Crippen MR) is 112 cm³/mol. The van der Waals surface area contributed by atoms with Crippen molar-refractivity contribution in [1.29, 1.82) is 0 Å². The Kier molecular flexibility index (Phi) is 4.62. The summed E-state index contributed by atoms with van der Waals surface area (Å²) < 4.78 is 0. The van der Waals surface area contributed by atoms with Crippen LogP contribution in [0.15, 0.2) is 61.2 Å². The van der Waals surface area contributed by atoms with Gasteiger partial charge >= 0.3 is 0 Å². The molecule has 1 aromatic carbocycles. The van der Waals surface area contributed by atoms with Gasteiger partial charge in [-0.1, -0.05) is 6.07 Å². The molecule has 0 N–H and O–H groups in total. The van der Waals surface area contributed by atoms with E-state index in [0.29, 0.717) is 37.4 Å². The number of piperazine rings is 1. The summed E-state index contributed by atoms with van der Waals surface area (Å²) in [4.78, 5) is 55.1. The van der Waals surface area contributed by atoms with Crippen LogP contribution in [0.5, 0.6) is 0 Å². The lowest BCUT2D eigenvalue weighted by Crippen LogP contribution is -2.49. The zero-order valence-corrected chi connectivity index (χ0v) is 16.5. The minimum absolute atomic E-state index is 0.0829. The van der Waals surface area contributed by atoms with E-state index >= 15 is 0 Å². The maximum Gasteiger partial charge on any atom is 0.284 e. The molecule has 9 heteroatoms. The molecule has 2 aromatic heterocycles. The second-order valence-corrected chi connectivity index (χ2v) is 7.24. The molecule has 0 spiro atoms. The molecule has 31 heavy (non-hydrogen) atoms. The zero-order valence-electron chi connectivity index (χ0n) is 16.5. The summed E-state index contributed by atoms with van der Waals surface area (Å²) in [5.74, 6) is -0.137. The number of aromatic nitrogens is 3. The van der Waals surface area contributed by atoms with Gasteiger partial charge in [-0.25, -0.2) is 19.9 Å². The lowest BCUT2D eigenvalue weighted by molar-refractivity contribution is 0.0746. The van der Waals surface area contributed by atoms with E-state index in [1.54, 1.807) is 35.4 Å². The highest BCUT2D eigenvalue weighted by atomic mass is 16.2. The lowest BCUT2D eigenvalue weighted by Gasteiger charge is -2.35. The van der Waals surface area contributed by atoms with Crippen molar-refractivity contribution in [3.05, 3.63) is 78.0 Å². The summed E-state index contributed by atoms with van der Waals surface area (Å²) in [7, 11) is 0. The van der Waals surface area contributed by atoms with E-state index in [4.69, 9.17) is 0 Å². The lowest BCUT2D eigenvalue weighted by atomic mass is 10.1. The highest BCUT2D eigenvalue weighted by Gasteiger charge is 2.38. The van der Waals surface area contributed by atoms with Crippen molar-refractivity contribution < 1.29 is 14.4 Å². The summed E-state index contributed by atoms with van der Waals surface area (Å²) in [5, 5.41) is 0. The van der Waals surface area contributed by atoms with Crippen LogP contribution in [0.1, 0.15) is 31.2 Å². The van der Waals surface area contributed by atoms with E-state index < -0.39 is 11.8 Å². The van der Waals surface area contributed by atoms with Crippen molar-refractivity contribution in [3.63, 3.8) is 0 Å². The Morgan fingerprint density at radius 1 is 0.871 bits per heavy atom. The highest BCUT2D eigenvalue weighted by Crippen LogP contribution is 2.27. The van der Waals surface area contributed by atoms with Crippen LogP contribution in [0.2, 0.25) is 0 Å². The van der Waals surface area contributed by atoms with Gasteiger partial charge in [0.05, 0.1) is 11.3 Å². The number of pyridine rings is 1. The maximum absolute atomic E-state index is 12.9. The molecule has 4 heterocycles. The first kappa shape index (κ1) is 18.9. The molecule has 0 saturated carbocycles. The van der Waals surface area contributed by atoms with Crippen molar-refractivity contribution in [1.82, 2.24) is 19.9 Å². The molecular formula is C22H18N6O3. The fraction of sp³-hybridized carbons (Fsp3) is 0.182. The molecule has 0 aliphatic carbocycles. The Balaban J connectivity index is 1.27. The van der Waals surface area contributed by atoms with Crippen LogP contribution in [-0.4, -0.2) is 63.8 Å². The molecule has 1 saturated heterocycles. The molecule has 3 aromatic rings. The van der Waals surface area contributed by atoms with Crippen LogP contribution in [0.25, 0.3) is 0 Å². The quantitative estimate of drug-likeness (QED) is 0.601. The average molecular weight is 414 g/mol. The summed E-state index contributed by atoms with van der Waals surface area (Å²) in [6, 6.07) is 12.3. The molecule has 154 valence electrons. The van der Waals surface area contributed by atoms with Crippen molar-refractivity contribution in [2.24, 2.45) is 0 Å². The van der Waals surface area contributed by atoms with Crippen LogP contribution < -0.4 is 9.80 Å². The number of benzene rings is 1. The Morgan fingerprint density at radius 2 is 1.65 bits per heavy atom. The predicted octanol–water partition coefficient (Wildman–Crippen LogP) is 1.63. The van der Waals surface area contributed by atoms with Crippen LogP contribution in [0.4, 0.5) is 11.5 Å². The van der Waals surface area contributed by atoms with E-state index in [-0.39, 0.29) is 17.2 Å². The Bertz CT molecular complexity index is 1120. The first-order chi connectivity index (χ1) is 15.1. The Hall–Kier alpha value is -4.14. The number of hydrogen-bond acceptors (Lipinski definition) is 7. The van der Waals surface area contributed by atoms with E-state index in [1.165, 1.54) is 12.5 Å². The van der Waals surface area contributed by atoms with Crippen LogP contribution in [0.3, 0.4) is 0 Å². The molecule has 0 bridgehead atoms. The molecule has 1 fully saturated rings. The number of carbonyl (C=O) groups is 3. The SMILES string of the molecule is O=C(c1ccc(N2C(=O)c3cncnc3C2=O)cc1)N1CCN(c2ccccn2)CC1. The third-order valence-corrected chi connectivity index (χ3v) is 5.46. The van der Waals surface area contributed by atoms with Crippen LogP contribution in [-0.2, 0) is 0 Å². The maximum atomic E-state index is 12.9. The van der Waals surface area contributed by atoms with Gasteiger partial charge in [-0.15, -0.1) is 0 Å². The van der Waals surface area contributed by atoms with Gasteiger partial charge in [0.15, 0.2) is 0 Å². The molecule has 5 rings (SSSR count). The number of nitrogens with zero attached hydrogens (tertiary/aromatic N) is 6. The van der Waals surface area contributed by atoms with Gasteiger partial charge in [0.1, 0.15) is 17.8 Å². The largest absolute Gasteiger partial charge is 0.353 e. The van der Waals surface area contributed by atoms with Gasteiger partial charge in [0.25, 0.3) is 17.7 Å². The van der Waals surface area contributed by atoms with E-state index in [9.17, 15) is 14.4 Å². The molecule has 0 atom stereocenters. The number of anilines is 2. The minimum Gasteiger partial charge on any atom is -0.353 e. The van der Waals surface area contributed by atoms with Gasteiger partial charge < -0.3 is 9.80 Å². The molecule has 3 amide bonds. The van der Waals surface area contributed by atoms with Crippen LogP contribution >= 0.6 is 0 Å². The fourth-order valence-electron chi connectivity index (χ4n) is 3.82. The summed E-state index contributed by atoms with van der Waals surface area (Å²) in [6.07, 6.45) is 4.34. The monoisotopic (exact) mass is 414 g/mol.